The lowest BCUT2D eigenvalue weighted by Gasteiger charge is -2.18. The molecule has 1 aromatic heterocycles. The highest BCUT2D eigenvalue weighted by molar-refractivity contribution is 5.92. The fourth-order valence-electron chi connectivity index (χ4n) is 2.22. The topological polar surface area (TPSA) is 55.2 Å². The standard InChI is InChI=1S/C17H21N3O2/c1-4-19(5-2)17(22)15-10-11-16(21)20(18-15)12-14-8-6-13(3)7-9-14/h6-11H,4-5,12H2,1-3H3. The molecule has 0 radical (unpaired) electrons. The van der Waals surface area contributed by atoms with Gasteiger partial charge in [0.1, 0.15) is 5.69 Å². The molecule has 2 aromatic rings. The Labute approximate surface area is 130 Å². The lowest BCUT2D eigenvalue weighted by atomic mass is 10.1. The number of amides is 1. The number of hydrogen-bond donors (Lipinski definition) is 0. The van der Waals surface area contributed by atoms with Gasteiger partial charge in [0.15, 0.2) is 0 Å². The van der Waals surface area contributed by atoms with Crippen molar-refractivity contribution >= 4 is 5.91 Å². The number of nitrogens with zero attached hydrogens (tertiary/aromatic N) is 3. The van der Waals surface area contributed by atoms with Gasteiger partial charge in [-0.25, -0.2) is 4.68 Å². The summed E-state index contributed by atoms with van der Waals surface area (Å²) in [5.41, 5.74) is 2.23. The molecule has 5 nitrogen and oxygen atoms in total. The number of hydrogen-bond acceptors (Lipinski definition) is 3. The normalized spacial score (nSPS) is 10.5. The van der Waals surface area contributed by atoms with Gasteiger partial charge in [-0.2, -0.15) is 5.10 Å². The van der Waals surface area contributed by atoms with E-state index in [1.54, 1.807) is 4.90 Å². The molecule has 0 bridgehead atoms. The SMILES string of the molecule is CCN(CC)C(=O)c1ccc(=O)n(Cc2ccc(C)cc2)n1. The third-order valence-corrected chi connectivity index (χ3v) is 3.59. The Morgan fingerprint density at radius 2 is 1.73 bits per heavy atom. The van der Waals surface area contributed by atoms with E-state index in [2.05, 4.69) is 5.10 Å². The summed E-state index contributed by atoms with van der Waals surface area (Å²) >= 11 is 0. The third kappa shape index (κ3) is 3.61. The number of carbonyl (C=O) groups is 1. The van der Waals surface area contributed by atoms with Gasteiger partial charge >= 0.3 is 0 Å². The first-order valence-corrected chi connectivity index (χ1v) is 7.48. The summed E-state index contributed by atoms with van der Waals surface area (Å²) in [6.45, 7) is 7.45. The Morgan fingerprint density at radius 1 is 1.09 bits per heavy atom. The van der Waals surface area contributed by atoms with Crippen LogP contribution in [0.4, 0.5) is 0 Å². The molecule has 0 fully saturated rings. The maximum Gasteiger partial charge on any atom is 0.274 e. The van der Waals surface area contributed by atoms with Crippen molar-refractivity contribution in [1.82, 2.24) is 14.7 Å². The van der Waals surface area contributed by atoms with Crippen LogP contribution < -0.4 is 5.56 Å². The summed E-state index contributed by atoms with van der Waals surface area (Å²) in [7, 11) is 0. The van der Waals surface area contributed by atoms with Crippen LogP contribution >= 0.6 is 0 Å². The lowest BCUT2D eigenvalue weighted by Crippen LogP contribution is -2.33. The van der Waals surface area contributed by atoms with Crippen molar-refractivity contribution < 1.29 is 4.79 Å². The molecule has 5 heteroatoms. The van der Waals surface area contributed by atoms with Crippen LogP contribution in [0.25, 0.3) is 0 Å². The molecule has 1 aromatic carbocycles. The van der Waals surface area contributed by atoms with Crippen LogP contribution in [0.2, 0.25) is 0 Å². The first-order chi connectivity index (χ1) is 10.5. The quantitative estimate of drug-likeness (QED) is 0.849. The summed E-state index contributed by atoms with van der Waals surface area (Å²) in [4.78, 5) is 25.9. The second-order valence-corrected chi connectivity index (χ2v) is 5.18. The van der Waals surface area contributed by atoms with Gasteiger partial charge in [-0.15, -0.1) is 0 Å². The Balaban J connectivity index is 2.29. The van der Waals surface area contributed by atoms with E-state index in [0.717, 1.165) is 11.1 Å². The van der Waals surface area contributed by atoms with E-state index in [-0.39, 0.29) is 11.5 Å². The number of aryl methyl sites for hydroxylation is 1. The monoisotopic (exact) mass is 299 g/mol. The van der Waals surface area contributed by atoms with Crippen molar-refractivity contribution in [3.63, 3.8) is 0 Å². The van der Waals surface area contributed by atoms with Gasteiger partial charge in [0.25, 0.3) is 11.5 Å². The van der Waals surface area contributed by atoms with E-state index in [0.29, 0.717) is 25.3 Å². The van der Waals surface area contributed by atoms with Crippen LogP contribution in [0.3, 0.4) is 0 Å². The Kier molecular flexibility index (Phi) is 5.09. The van der Waals surface area contributed by atoms with Crippen LogP contribution in [-0.2, 0) is 6.54 Å². The molecule has 0 atom stereocenters. The van der Waals surface area contributed by atoms with Crippen molar-refractivity contribution in [2.45, 2.75) is 27.3 Å². The van der Waals surface area contributed by atoms with Crippen LogP contribution in [0.15, 0.2) is 41.2 Å². The van der Waals surface area contributed by atoms with Crippen LogP contribution in [-0.4, -0.2) is 33.7 Å². The van der Waals surface area contributed by atoms with Crippen molar-refractivity contribution in [1.29, 1.82) is 0 Å². The zero-order valence-corrected chi connectivity index (χ0v) is 13.2. The van der Waals surface area contributed by atoms with E-state index < -0.39 is 0 Å². The molecular formula is C17H21N3O2. The second kappa shape index (κ2) is 7.02. The highest BCUT2D eigenvalue weighted by Gasteiger charge is 2.15. The van der Waals surface area contributed by atoms with Gasteiger partial charge in [0.2, 0.25) is 0 Å². The molecule has 0 aliphatic heterocycles. The average Bonchev–Trinajstić information content (AvgIpc) is 2.52. The Bertz CT molecular complexity index is 701. The summed E-state index contributed by atoms with van der Waals surface area (Å²) in [6, 6.07) is 10.8. The van der Waals surface area contributed by atoms with Crippen molar-refractivity contribution in [3.8, 4) is 0 Å². The average molecular weight is 299 g/mol. The van der Waals surface area contributed by atoms with Gasteiger partial charge in [-0.05, 0) is 32.4 Å². The largest absolute Gasteiger partial charge is 0.338 e. The van der Waals surface area contributed by atoms with Gasteiger partial charge in [0.05, 0.1) is 6.54 Å². The molecule has 22 heavy (non-hydrogen) atoms. The molecule has 0 spiro atoms. The molecule has 0 aliphatic rings. The van der Waals surface area contributed by atoms with Crippen molar-refractivity contribution in [3.05, 3.63) is 63.6 Å². The van der Waals surface area contributed by atoms with E-state index >= 15 is 0 Å². The molecule has 1 amide bonds. The Hall–Kier alpha value is -2.43. The van der Waals surface area contributed by atoms with E-state index in [1.165, 1.54) is 16.8 Å². The predicted octanol–water partition coefficient (Wildman–Crippen LogP) is 2.08. The minimum atomic E-state index is -0.211. The highest BCUT2D eigenvalue weighted by Crippen LogP contribution is 2.05. The van der Waals surface area contributed by atoms with Crippen LogP contribution in [0.1, 0.15) is 35.5 Å². The summed E-state index contributed by atoms with van der Waals surface area (Å²) in [5.74, 6) is -0.150. The van der Waals surface area contributed by atoms with Gasteiger partial charge in [-0.1, -0.05) is 29.8 Å². The molecule has 116 valence electrons. The zero-order valence-electron chi connectivity index (χ0n) is 13.2. The summed E-state index contributed by atoms with van der Waals surface area (Å²) in [6.07, 6.45) is 0. The number of rotatable bonds is 5. The molecule has 0 saturated heterocycles. The maximum absolute atomic E-state index is 12.3. The fourth-order valence-corrected chi connectivity index (χ4v) is 2.22. The molecule has 1 heterocycles. The van der Waals surface area contributed by atoms with E-state index in [9.17, 15) is 9.59 Å². The molecule has 0 unspecified atom stereocenters. The van der Waals surface area contributed by atoms with Crippen molar-refractivity contribution in [2.24, 2.45) is 0 Å². The Morgan fingerprint density at radius 3 is 2.32 bits per heavy atom. The molecule has 0 saturated carbocycles. The highest BCUT2D eigenvalue weighted by atomic mass is 16.2. The van der Waals surface area contributed by atoms with Crippen molar-refractivity contribution in [2.75, 3.05) is 13.1 Å². The minimum Gasteiger partial charge on any atom is -0.338 e. The second-order valence-electron chi connectivity index (χ2n) is 5.18. The fraction of sp³-hybridized carbons (Fsp3) is 0.353. The lowest BCUT2D eigenvalue weighted by molar-refractivity contribution is 0.0764. The molecule has 0 aliphatic carbocycles. The minimum absolute atomic E-state index is 0.150. The zero-order chi connectivity index (χ0) is 16.1. The van der Waals surface area contributed by atoms with E-state index in [4.69, 9.17) is 0 Å². The smallest absolute Gasteiger partial charge is 0.274 e. The van der Waals surface area contributed by atoms with Crippen LogP contribution in [0, 0.1) is 6.92 Å². The molecular weight excluding hydrogens is 278 g/mol. The third-order valence-electron chi connectivity index (χ3n) is 3.59. The van der Waals surface area contributed by atoms with E-state index in [1.807, 2.05) is 45.0 Å². The van der Waals surface area contributed by atoms with Gasteiger partial charge in [0, 0.05) is 19.2 Å². The molecule has 2 rings (SSSR count). The maximum atomic E-state index is 12.3. The van der Waals surface area contributed by atoms with Gasteiger partial charge in [-0.3, -0.25) is 9.59 Å². The van der Waals surface area contributed by atoms with Gasteiger partial charge < -0.3 is 4.90 Å². The summed E-state index contributed by atoms with van der Waals surface area (Å²) in [5, 5.41) is 4.22. The first-order valence-electron chi connectivity index (χ1n) is 7.48. The number of benzene rings is 1. The number of aromatic nitrogens is 2. The van der Waals surface area contributed by atoms with Crippen LogP contribution in [0.5, 0.6) is 0 Å². The first kappa shape index (κ1) is 15.9. The molecule has 0 N–H and O–H groups in total. The number of carbonyl (C=O) groups excluding carboxylic acids is 1. The predicted molar refractivity (Wildman–Crippen MR) is 86.0 cm³/mol. The summed E-state index contributed by atoms with van der Waals surface area (Å²) < 4.78 is 1.33.